The Labute approximate surface area is 173 Å². The molecule has 2 aromatic heterocycles. The molecule has 0 saturated heterocycles. The molecule has 1 aliphatic carbocycles. The summed E-state index contributed by atoms with van der Waals surface area (Å²) in [5.74, 6) is -0.00328. The Morgan fingerprint density at radius 3 is 2.66 bits per heavy atom. The number of imidazole rings is 1. The van der Waals surface area contributed by atoms with Gasteiger partial charge in [-0.2, -0.15) is 9.97 Å². The number of nitrogens with one attached hydrogen (secondary N) is 2. The third kappa shape index (κ3) is 3.78. The summed E-state index contributed by atoms with van der Waals surface area (Å²) in [7, 11) is 0. The maximum absolute atomic E-state index is 12.5. The van der Waals surface area contributed by atoms with Crippen LogP contribution in [0.5, 0.6) is 0 Å². The lowest BCUT2D eigenvalue weighted by molar-refractivity contribution is -0.383. The molecule has 1 aliphatic rings. The zero-order chi connectivity index (χ0) is 20.7. The van der Waals surface area contributed by atoms with Crippen molar-refractivity contribution in [2.45, 2.75) is 37.8 Å². The summed E-state index contributed by atoms with van der Waals surface area (Å²) >= 11 is 12.2. The molecule has 10 nitrogen and oxygen atoms in total. The summed E-state index contributed by atoms with van der Waals surface area (Å²) in [5.41, 5.74) is 0.103. The van der Waals surface area contributed by atoms with Crippen LogP contribution in [0, 0.1) is 10.1 Å². The van der Waals surface area contributed by atoms with Crippen LogP contribution in [0.25, 0.3) is 11.2 Å². The Kier molecular flexibility index (Phi) is 5.15. The Morgan fingerprint density at radius 2 is 1.97 bits per heavy atom. The molecule has 1 saturated carbocycles. The standard InChI is InChI=1S/C17H16Cl2N6O4/c18-8-1-6-12(25(28)29)11(7-8)20-16-22-14(19)13-15(23-16)24(17(27)21-13)9-2-4-10(26)5-3-9/h1,6-7,9-10,26H,2-5H2,(H,21,27)(H,20,22,23). The molecule has 1 fully saturated rings. The number of aliphatic hydroxyl groups is 1. The van der Waals surface area contributed by atoms with Gasteiger partial charge in [-0.1, -0.05) is 23.2 Å². The van der Waals surface area contributed by atoms with Gasteiger partial charge in [0.1, 0.15) is 11.2 Å². The molecule has 0 atom stereocenters. The molecule has 3 aromatic rings. The Hall–Kier alpha value is -2.69. The predicted molar refractivity (Wildman–Crippen MR) is 108 cm³/mol. The van der Waals surface area contributed by atoms with Crippen molar-refractivity contribution in [2.24, 2.45) is 0 Å². The highest BCUT2D eigenvalue weighted by Crippen LogP contribution is 2.33. The van der Waals surface area contributed by atoms with Crippen LogP contribution in [0.2, 0.25) is 10.2 Å². The fourth-order valence-corrected chi connectivity index (χ4v) is 3.95. The molecule has 29 heavy (non-hydrogen) atoms. The lowest BCUT2D eigenvalue weighted by Crippen LogP contribution is -2.27. The second-order valence-corrected chi connectivity index (χ2v) is 7.64. The molecule has 1 aromatic carbocycles. The number of nitro benzene ring substituents is 1. The average molecular weight is 439 g/mol. The lowest BCUT2D eigenvalue weighted by atomic mass is 9.93. The van der Waals surface area contributed by atoms with E-state index >= 15 is 0 Å². The van der Waals surface area contributed by atoms with E-state index in [9.17, 15) is 20.0 Å². The third-order valence-corrected chi connectivity index (χ3v) is 5.47. The van der Waals surface area contributed by atoms with Gasteiger partial charge in [-0.25, -0.2) is 4.79 Å². The van der Waals surface area contributed by atoms with E-state index in [0.29, 0.717) is 36.4 Å². The molecular weight excluding hydrogens is 423 g/mol. The maximum Gasteiger partial charge on any atom is 0.328 e. The van der Waals surface area contributed by atoms with Gasteiger partial charge in [0.05, 0.1) is 11.0 Å². The molecule has 4 rings (SSSR count). The van der Waals surface area contributed by atoms with E-state index in [-0.39, 0.29) is 45.8 Å². The van der Waals surface area contributed by atoms with Crippen LogP contribution in [0.1, 0.15) is 31.7 Å². The number of hydrogen-bond donors (Lipinski definition) is 3. The van der Waals surface area contributed by atoms with Crippen LogP contribution >= 0.6 is 23.2 Å². The van der Waals surface area contributed by atoms with E-state index in [1.807, 2.05) is 0 Å². The van der Waals surface area contributed by atoms with Gasteiger partial charge in [0.25, 0.3) is 5.69 Å². The van der Waals surface area contributed by atoms with Crippen LogP contribution in [-0.4, -0.2) is 35.7 Å². The molecule has 0 bridgehead atoms. The number of rotatable bonds is 4. The van der Waals surface area contributed by atoms with Gasteiger partial charge in [0.15, 0.2) is 10.8 Å². The van der Waals surface area contributed by atoms with E-state index < -0.39 is 4.92 Å². The second kappa shape index (κ2) is 7.62. The molecule has 0 amide bonds. The molecule has 12 heteroatoms. The fraction of sp³-hybridized carbons (Fsp3) is 0.353. The van der Waals surface area contributed by atoms with Gasteiger partial charge < -0.3 is 15.4 Å². The Bertz CT molecular complexity index is 1150. The number of H-pyrrole nitrogens is 1. The average Bonchev–Trinajstić information content (AvgIpc) is 2.99. The minimum atomic E-state index is -0.557. The van der Waals surface area contributed by atoms with Crippen LogP contribution in [0.4, 0.5) is 17.3 Å². The highest BCUT2D eigenvalue weighted by molar-refractivity contribution is 6.33. The molecule has 3 N–H and O–H groups in total. The number of aromatic amines is 1. The molecule has 0 spiro atoms. The minimum Gasteiger partial charge on any atom is -0.393 e. The number of anilines is 2. The highest BCUT2D eigenvalue weighted by atomic mass is 35.5. The summed E-state index contributed by atoms with van der Waals surface area (Å²) < 4.78 is 1.51. The van der Waals surface area contributed by atoms with Crippen molar-refractivity contribution >= 4 is 51.7 Å². The van der Waals surface area contributed by atoms with E-state index in [2.05, 4.69) is 20.3 Å². The van der Waals surface area contributed by atoms with Crippen LogP contribution in [0.3, 0.4) is 0 Å². The van der Waals surface area contributed by atoms with Crippen molar-refractivity contribution < 1.29 is 10.0 Å². The summed E-state index contributed by atoms with van der Waals surface area (Å²) in [6, 6.07) is 3.92. The normalized spacial score (nSPS) is 19.4. The first-order valence-corrected chi connectivity index (χ1v) is 9.66. The first-order chi connectivity index (χ1) is 13.8. The largest absolute Gasteiger partial charge is 0.393 e. The van der Waals surface area contributed by atoms with E-state index in [0.717, 1.165) is 0 Å². The van der Waals surface area contributed by atoms with Crippen molar-refractivity contribution in [3.63, 3.8) is 0 Å². The summed E-state index contributed by atoms with van der Waals surface area (Å²) in [6.07, 6.45) is 2.05. The summed E-state index contributed by atoms with van der Waals surface area (Å²) in [5, 5.41) is 24.1. The van der Waals surface area contributed by atoms with Crippen molar-refractivity contribution in [3.8, 4) is 0 Å². The van der Waals surface area contributed by atoms with Gasteiger partial charge in [-0.3, -0.25) is 14.7 Å². The molecule has 2 heterocycles. The summed E-state index contributed by atoms with van der Waals surface area (Å²) in [4.78, 5) is 34.4. The molecule has 0 unspecified atom stereocenters. The lowest BCUT2D eigenvalue weighted by Gasteiger charge is -2.26. The third-order valence-electron chi connectivity index (χ3n) is 4.96. The predicted octanol–water partition coefficient (Wildman–Crippen LogP) is 3.55. The number of hydrogen-bond acceptors (Lipinski definition) is 7. The fourth-order valence-electron chi connectivity index (χ4n) is 3.57. The zero-order valence-corrected chi connectivity index (χ0v) is 16.4. The molecule has 152 valence electrons. The number of nitrogens with zero attached hydrogens (tertiary/aromatic N) is 4. The second-order valence-electron chi connectivity index (χ2n) is 6.84. The van der Waals surface area contributed by atoms with Crippen molar-refractivity contribution in [1.82, 2.24) is 19.5 Å². The first-order valence-electron chi connectivity index (χ1n) is 8.90. The van der Waals surface area contributed by atoms with Crippen molar-refractivity contribution in [2.75, 3.05) is 5.32 Å². The number of aromatic nitrogens is 4. The molecular formula is C17H16Cl2N6O4. The van der Waals surface area contributed by atoms with Gasteiger partial charge >= 0.3 is 5.69 Å². The van der Waals surface area contributed by atoms with Crippen molar-refractivity contribution in [1.29, 1.82) is 0 Å². The van der Waals surface area contributed by atoms with Gasteiger partial charge in [0.2, 0.25) is 5.95 Å². The van der Waals surface area contributed by atoms with E-state index in [4.69, 9.17) is 23.2 Å². The first kappa shape index (κ1) is 19.6. The van der Waals surface area contributed by atoms with Gasteiger partial charge in [-0.05, 0) is 37.8 Å². The zero-order valence-electron chi connectivity index (χ0n) is 14.9. The van der Waals surface area contributed by atoms with Gasteiger partial charge in [0, 0.05) is 17.1 Å². The number of fused-ring (bicyclic) bond motifs is 1. The monoisotopic (exact) mass is 438 g/mol. The number of benzene rings is 1. The van der Waals surface area contributed by atoms with Crippen LogP contribution in [-0.2, 0) is 0 Å². The number of aliphatic hydroxyl groups excluding tert-OH is 1. The highest BCUT2D eigenvalue weighted by Gasteiger charge is 2.26. The van der Waals surface area contributed by atoms with Gasteiger partial charge in [-0.15, -0.1) is 0 Å². The van der Waals surface area contributed by atoms with E-state index in [1.54, 1.807) is 0 Å². The number of nitro groups is 1. The minimum absolute atomic E-state index is 0.00328. The van der Waals surface area contributed by atoms with Crippen LogP contribution in [0.15, 0.2) is 23.0 Å². The number of halogens is 2. The maximum atomic E-state index is 12.5. The summed E-state index contributed by atoms with van der Waals surface area (Å²) in [6.45, 7) is 0. The molecule has 0 radical (unpaired) electrons. The molecule has 0 aliphatic heterocycles. The smallest absolute Gasteiger partial charge is 0.328 e. The Balaban J connectivity index is 1.78. The van der Waals surface area contributed by atoms with Crippen LogP contribution < -0.4 is 11.0 Å². The Morgan fingerprint density at radius 1 is 1.24 bits per heavy atom. The SMILES string of the molecule is O=c1[nH]c2c(Cl)nc(Nc3cc(Cl)ccc3[N+](=O)[O-])nc2n1C1CCC(O)CC1. The van der Waals surface area contributed by atoms with E-state index in [1.165, 1.54) is 22.8 Å². The van der Waals surface area contributed by atoms with Crippen molar-refractivity contribution in [3.05, 3.63) is 49.0 Å². The topological polar surface area (TPSA) is 139 Å². The quantitative estimate of drug-likeness (QED) is 0.321.